The third-order valence-electron chi connectivity index (χ3n) is 4.85. The zero-order valence-corrected chi connectivity index (χ0v) is 17.8. The van der Waals surface area contributed by atoms with Crippen LogP contribution in [0.15, 0.2) is 54.7 Å². The molecule has 0 bridgehead atoms. The first-order chi connectivity index (χ1) is 15.0. The van der Waals surface area contributed by atoms with E-state index in [0.717, 1.165) is 22.5 Å². The zero-order chi connectivity index (χ0) is 21.8. The van der Waals surface area contributed by atoms with Crippen molar-refractivity contribution in [1.82, 2.24) is 25.1 Å². The molecule has 0 amide bonds. The number of rotatable bonds is 7. The lowest BCUT2D eigenvalue weighted by Gasteiger charge is -2.07. The Morgan fingerprint density at radius 1 is 1.00 bits per heavy atom. The number of benzene rings is 1. The number of hydrogen-bond donors (Lipinski definition) is 2. The van der Waals surface area contributed by atoms with Crippen molar-refractivity contribution in [2.45, 2.75) is 33.6 Å². The van der Waals surface area contributed by atoms with Crippen molar-refractivity contribution in [2.24, 2.45) is 0 Å². The largest absolute Gasteiger partial charge is 0.323 e. The van der Waals surface area contributed by atoms with Crippen LogP contribution in [0.4, 0.5) is 11.6 Å². The highest BCUT2D eigenvalue weighted by Crippen LogP contribution is 2.20. The lowest BCUT2D eigenvalue weighted by atomic mass is 10.0. The van der Waals surface area contributed by atoms with Crippen LogP contribution in [-0.2, 0) is 6.42 Å². The Hall–Kier alpha value is -3.87. The lowest BCUT2D eigenvalue weighted by molar-refractivity contribution is 0.0978. The van der Waals surface area contributed by atoms with E-state index in [1.165, 1.54) is 5.56 Å². The van der Waals surface area contributed by atoms with Crippen LogP contribution >= 0.6 is 0 Å². The molecule has 156 valence electrons. The molecule has 0 spiro atoms. The van der Waals surface area contributed by atoms with Gasteiger partial charge in [0.15, 0.2) is 17.4 Å². The molecular formula is C24H24N6O. The van der Waals surface area contributed by atoms with Gasteiger partial charge in [-0.05, 0) is 44.9 Å². The molecule has 0 saturated heterocycles. The SMILES string of the molecule is Cc1cccc(CCC(=O)c2ccc(-c3nc(C)cc(Nc4cc(C)[nH]n4)n3)cn2)c1. The van der Waals surface area contributed by atoms with E-state index in [1.807, 2.05) is 44.2 Å². The van der Waals surface area contributed by atoms with Crippen LogP contribution in [0, 0.1) is 20.8 Å². The summed E-state index contributed by atoms with van der Waals surface area (Å²) in [5, 5.41) is 10.2. The molecule has 4 aromatic rings. The average Bonchev–Trinajstić information content (AvgIpc) is 3.16. The molecular weight excluding hydrogens is 388 g/mol. The number of nitrogens with one attached hydrogen (secondary N) is 2. The molecule has 0 radical (unpaired) electrons. The number of aromatic nitrogens is 5. The molecule has 31 heavy (non-hydrogen) atoms. The van der Waals surface area contributed by atoms with Gasteiger partial charge in [-0.2, -0.15) is 5.10 Å². The van der Waals surface area contributed by atoms with E-state index in [4.69, 9.17) is 0 Å². The van der Waals surface area contributed by atoms with Crippen LogP contribution in [0.5, 0.6) is 0 Å². The highest BCUT2D eigenvalue weighted by atomic mass is 16.1. The van der Waals surface area contributed by atoms with Crippen LogP contribution in [0.2, 0.25) is 0 Å². The summed E-state index contributed by atoms with van der Waals surface area (Å²) in [6.07, 6.45) is 2.78. The third kappa shape index (κ3) is 5.19. The molecule has 0 fully saturated rings. The number of Topliss-reactive ketones (excluding diaryl/α,β-unsaturated/α-hetero) is 1. The van der Waals surface area contributed by atoms with E-state index in [-0.39, 0.29) is 5.78 Å². The zero-order valence-electron chi connectivity index (χ0n) is 17.8. The van der Waals surface area contributed by atoms with Gasteiger partial charge in [-0.3, -0.25) is 14.9 Å². The Balaban J connectivity index is 1.46. The van der Waals surface area contributed by atoms with Crippen LogP contribution in [-0.4, -0.2) is 30.9 Å². The Morgan fingerprint density at radius 3 is 2.58 bits per heavy atom. The minimum absolute atomic E-state index is 0.0227. The summed E-state index contributed by atoms with van der Waals surface area (Å²) in [5.74, 6) is 1.90. The molecule has 3 heterocycles. The summed E-state index contributed by atoms with van der Waals surface area (Å²) in [6, 6.07) is 15.5. The van der Waals surface area contributed by atoms with Gasteiger partial charge in [-0.25, -0.2) is 9.97 Å². The lowest BCUT2D eigenvalue weighted by Crippen LogP contribution is -2.04. The molecule has 4 rings (SSSR count). The summed E-state index contributed by atoms with van der Waals surface area (Å²) in [5.41, 5.74) is 5.33. The summed E-state index contributed by atoms with van der Waals surface area (Å²) in [4.78, 5) is 26.0. The summed E-state index contributed by atoms with van der Waals surface area (Å²) in [7, 11) is 0. The van der Waals surface area contributed by atoms with Gasteiger partial charge in [0.1, 0.15) is 11.5 Å². The van der Waals surface area contributed by atoms with Gasteiger partial charge in [-0.15, -0.1) is 0 Å². The number of ketones is 1. The van der Waals surface area contributed by atoms with Crippen LogP contribution < -0.4 is 5.32 Å². The average molecular weight is 412 g/mol. The van der Waals surface area contributed by atoms with Crippen molar-refractivity contribution < 1.29 is 4.79 Å². The molecule has 7 heteroatoms. The van der Waals surface area contributed by atoms with Gasteiger partial charge < -0.3 is 5.32 Å². The topological polar surface area (TPSA) is 96.5 Å². The standard InChI is InChI=1S/C24H24N6O/c1-15-5-4-6-18(11-15)7-10-21(31)20-9-8-19(14-25-20)24-26-16(2)12-22(28-24)27-23-13-17(3)29-30-23/h4-6,8-9,11-14H,7,10H2,1-3H3,(H2,26,27,28,29,30). The molecule has 1 aromatic carbocycles. The molecule has 0 aliphatic rings. The smallest absolute Gasteiger partial charge is 0.181 e. The van der Waals surface area contributed by atoms with Crippen LogP contribution in [0.1, 0.15) is 39.4 Å². The fraction of sp³-hybridized carbons (Fsp3) is 0.208. The third-order valence-corrected chi connectivity index (χ3v) is 4.85. The van der Waals surface area contributed by atoms with Crippen molar-refractivity contribution in [1.29, 1.82) is 0 Å². The molecule has 2 N–H and O–H groups in total. The fourth-order valence-electron chi connectivity index (χ4n) is 3.32. The number of anilines is 2. The number of carbonyl (C=O) groups excluding carboxylic acids is 1. The van der Waals surface area contributed by atoms with E-state index in [9.17, 15) is 4.79 Å². The Bertz CT molecular complexity index is 1210. The molecule has 0 atom stereocenters. The van der Waals surface area contributed by atoms with Gasteiger partial charge in [0.05, 0.1) is 0 Å². The molecule has 0 aliphatic heterocycles. The predicted octanol–water partition coefficient (Wildman–Crippen LogP) is 4.75. The highest BCUT2D eigenvalue weighted by molar-refractivity contribution is 5.94. The monoisotopic (exact) mass is 412 g/mol. The van der Waals surface area contributed by atoms with Crippen molar-refractivity contribution >= 4 is 17.4 Å². The maximum absolute atomic E-state index is 12.6. The van der Waals surface area contributed by atoms with Crippen molar-refractivity contribution in [3.8, 4) is 11.4 Å². The van der Waals surface area contributed by atoms with Crippen molar-refractivity contribution in [2.75, 3.05) is 5.32 Å². The number of pyridine rings is 1. The number of hydrogen-bond acceptors (Lipinski definition) is 6. The van der Waals surface area contributed by atoms with E-state index >= 15 is 0 Å². The fourth-order valence-corrected chi connectivity index (χ4v) is 3.32. The summed E-state index contributed by atoms with van der Waals surface area (Å²) in [6.45, 7) is 5.89. The minimum atomic E-state index is 0.0227. The van der Waals surface area contributed by atoms with Gasteiger partial charge in [-0.1, -0.05) is 29.8 Å². The van der Waals surface area contributed by atoms with Crippen molar-refractivity contribution in [3.63, 3.8) is 0 Å². The predicted molar refractivity (Wildman–Crippen MR) is 120 cm³/mol. The quantitative estimate of drug-likeness (QED) is 0.425. The van der Waals surface area contributed by atoms with Crippen LogP contribution in [0.3, 0.4) is 0 Å². The second kappa shape index (κ2) is 8.87. The minimum Gasteiger partial charge on any atom is -0.323 e. The van der Waals surface area contributed by atoms with Gasteiger partial charge in [0.2, 0.25) is 0 Å². The Kier molecular flexibility index (Phi) is 5.84. The molecule has 7 nitrogen and oxygen atoms in total. The number of aryl methyl sites for hydroxylation is 4. The Labute approximate surface area is 181 Å². The van der Waals surface area contributed by atoms with E-state index in [0.29, 0.717) is 36.0 Å². The van der Waals surface area contributed by atoms with E-state index in [1.54, 1.807) is 12.3 Å². The Morgan fingerprint density at radius 2 is 1.87 bits per heavy atom. The first-order valence-corrected chi connectivity index (χ1v) is 10.2. The van der Waals surface area contributed by atoms with Gasteiger partial charge in [0.25, 0.3) is 0 Å². The summed E-state index contributed by atoms with van der Waals surface area (Å²) >= 11 is 0. The maximum Gasteiger partial charge on any atom is 0.181 e. The summed E-state index contributed by atoms with van der Waals surface area (Å²) < 4.78 is 0. The van der Waals surface area contributed by atoms with Gasteiger partial charge in [0, 0.05) is 41.7 Å². The van der Waals surface area contributed by atoms with E-state index < -0.39 is 0 Å². The number of nitrogens with zero attached hydrogens (tertiary/aromatic N) is 4. The molecule has 3 aromatic heterocycles. The maximum atomic E-state index is 12.6. The molecule has 0 aliphatic carbocycles. The highest BCUT2D eigenvalue weighted by Gasteiger charge is 2.11. The number of carbonyl (C=O) groups is 1. The first kappa shape index (κ1) is 20.4. The van der Waals surface area contributed by atoms with E-state index in [2.05, 4.69) is 49.5 Å². The van der Waals surface area contributed by atoms with Gasteiger partial charge >= 0.3 is 0 Å². The first-order valence-electron chi connectivity index (χ1n) is 10.2. The normalized spacial score (nSPS) is 10.8. The molecule has 0 unspecified atom stereocenters. The molecule has 0 saturated carbocycles. The second-order valence-corrected chi connectivity index (χ2v) is 7.62. The number of H-pyrrole nitrogens is 1. The number of aromatic amines is 1. The second-order valence-electron chi connectivity index (χ2n) is 7.62. The van der Waals surface area contributed by atoms with Crippen molar-refractivity contribution in [3.05, 3.63) is 82.9 Å². The van der Waals surface area contributed by atoms with Crippen LogP contribution in [0.25, 0.3) is 11.4 Å².